The minimum Gasteiger partial charge on any atom is -0.396 e. The molecule has 4 nitrogen and oxygen atoms in total. The Morgan fingerprint density at radius 2 is 1.95 bits per heavy atom. The van der Waals surface area contributed by atoms with Crippen molar-refractivity contribution < 1.29 is 4.74 Å². The zero-order valence-corrected chi connectivity index (χ0v) is 11.1. The zero-order valence-electron chi connectivity index (χ0n) is 11.1. The molecule has 0 aliphatic rings. The van der Waals surface area contributed by atoms with E-state index in [1.165, 1.54) is 11.1 Å². The average molecular weight is 257 g/mol. The van der Waals surface area contributed by atoms with Crippen LogP contribution in [0.5, 0.6) is 0 Å². The molecule has 0 saturated carbocycles. The van der Waals surface area contributed by atoms with E-state index in [1.54, 1.807) is 6.20 Å². The minimum absolute atomic E-state index is 0.631. The Morgan fingerprint density at radius 1 is 1.16 bits per heavy atom. The van der Waals surface area contributed by atoms with E-state index in [2.05, 4.69) is 22.4 Å². The number of nitrogen functional groups attached to an aromatic ring is 1. The highest BCUT2D eigenvalue weighted by molar-refractivity contribution is 5.60. The molecule has 2 rings (SSSR count). The van der Waals surface area contributed by atoms with E-state index in [1.807, 2.05) is 31.2 Å². The summed E-state index contributed by atoms with van der Waals surface area (Å²) in [7, 11) is 0. The van der Waals surface area contributed by atoms with Crippen LogP contribution in [0.25, 0.3) is 0 Å². The van der Waals surface area contributed by atoms with Gasteiger partial charge in [-0.05, 0) is 30.2 Å². The number of ether oxygens (including phenoxy) is 1. The summed E-state index contributed by atoms with van der Waals surface area (Å²) < 4.78 is 5.47. The topological polar surface area (TPSA) is 60.2 Å². The van der Waals surface area contributed by atoms with E-state index < -0.39 is 0 Å². The summed E-state index contributed by atoms with van der Waals surface area (Å²) in [5, 5.41) is 3.25. The van der Waals surface area contributed by atoms with Gasteiger partial charge >= 0.3 is 0 Å². The third-order valence-corrected chi connectivity index (χ3v) is 2.87. The Hall–Kier alpha value is -2.07. The second-order valence-electron chi connectivity index (χ2n) is 4.20. The van der Waals surface area contributed by atoms with Gasteiger partial charge in [0, 0.05) is 19.3 Å². The van der Waals surface area contributed by atoms with Gasteiger partial charge in [0.05, 0.1) is 12.3 Å². The molecule has 19 heavy (non-hydrogen) atoms. The maximum atomic E-state index is 5.85. The van der Waals surface area contributed by atoms with Crippen molar-refractivity contribution in [3.05, 3.63) is 53.7 Å². The van der Waals surface area contributed by atoms with Crippen LogP contribution in [0.3, 0.4) is 0 Å². The molecule has 0 atom stereocenters. The quantitative estimate of drug-likeness (QED) is 0.835. The number of anilines is 2. The first-order chi connectivity index (χ1) is 9.31. The van der Waals surface area contributed by atoms with Crippen molar-refractivity contribution in [3.63, 3.8) is 0 Å². The summed E-state index contributed by atoms with van der Waals surface area (Å²) in [6, 6.07) is 11.9. The lowest BCUT2D eigenvalue weighted by Gasteiger charge is -2.12. The number of nitrogens with two attached hydrogens (primary N) is 1. The lowest BCUT2D eigenvalue weighted by molar-refractivity contribution is 0.133. The molecule has 0 fully saturated rings. The molecule has 4 heteroatoms. The first kappa shape index (κ1) is 13.4. The number of aromatic nitrogens is 1. The number of hydrogen-bond donors (Lipinski definition) is 2. The largest absolute Gasteiger partial charge is 0.396 e. The van der Waals surface area contributed by atoms with Crippen LogP contribution in [-0.4, -0.2) is 11.6 Å². The number of rotatable bonds is 6. The summed E-state index contributed by atoms with van der Waals surface area (Å²) in [5.41, 5.74) is 8.89. The van der Waals surface area contributed by atoms with Gasteiger partial charge in [-0.25, -0.2) is 4.98 Å². The molecule has 1 aromatic carbocycles. The van der Waals surface area contributed by atoms with Gasteiger partial charge in [-0.15, -0.1) is 0 Å². The highest BCUT2D eigenvalue weighted by Crippen LogP contribution is 2.16. The van der Waals surface area contributed by atoms with Crippen molar-refractivity contribution in [2.45, 2.75) is 20.1 Å². The van der Waals surface area contributed by atoms with Crippen LogP contribution in [0.4, 0.5) is 11.5 Å². The fourth-order valence-electron chi connectivity index (χ4n) is 1.83. The number of nitrogens with one attached hydrogen (secondary N) is 1. The van der Waals surface area contributed by atoms with Gasteiger partial charge < -0.3 is 15.8 Å². The Kier molecular flexibility index (Phi) is 4.75. The molecule has 0 saturated heterocycles. The number of benzene rings is 1. The predicted molar refractivity (Wildman–Crippen MR) is 77.7 cm³/mol. The van der Waals surface area contributed by atoms with E-state index >= 15 is 0 Å². The summed E-state index contributed by atoms with van der Waals surface area (Å²) in [4.78, 5) is 4.22. The molecule has 2 aromatic rings. The summed E-state index contributed by atoms with van der Waals surface area (Å²) in [6.07, 6.45) is 1.73. The Labute approximate surface area is 113 Å². The molecular weight excluding hydrogens is 238 g/mol. The number of hydrogen-bond acceptors (Lipinski definition) is 4. The molecule has 3 N–H and O–H groups in total. The molecule has 0 aliphatic heterocycles. The summed E-state index contributed by atoms with van der Waals surface area (Å²) >= 11 is 0. The Bertz CT molecular complexity index is 528. The number of pyridine rings is 1. The van der Waals surface area contributed by atoms with E-state index in [9.17, 15) is 0 Å². The fourth-order valence-corrected chi connectivity index (χ4v) is 1.83. The second kappa shape index (κ2) is 6.75. The molecule has 0 aliphatic carbocycles. The van der Waals surface area contributed by atoms with Gasteiger partial charge in [0.1, 0.15) is 5.82 Å². The third kappa shape index (κ3) is 3.69. The van der Waals surface area contributed by atoms with Crippen LogP contribution in [0.15, 0.2) is 42.6 Å². The van der Waals surface area contributed by atoms with Crippen LogP contribution in [0.2, 0.25) is 0 Å². The highest BCUT2D eigenvalue weighted by atomic mass is 16.5. The van der Waals surface area contributed by atoms with E-state index in [4.69, 9.17) is 10.5 Å². The molecule has 0 unspecified atom stereocenters. The molecular formula is C15H19N3O. The van der Waals surface area contributed by atoms with Gasteiger partial charge in [-0.3, -0.25) is 0 Å². The Morgan fingerprint density at radius 3 is 2.68 bits per heavy atom. The molecule has 0 bridgehead atoms. The second-order valence-corrected chi connectivity index (χ2v) is 4.20. The SMILES string of the molecule is CCOCc1ccccc1CNc1ncccc1N. The maximum absolute atomic E-state index is 5.85. The van der Waals surface area contributed by atoms with Crippen LogP contribution >= 0.6 is 0 Å². The van der Waals surface area contributed by atoms with Crippen LogP contribution < -0.4 is 11.1 Å². The lowest BCUT2D eigenvalue weighted by Crippen LogP contribution is -2.07. The predicted octanol–water partition coefficient (Wildman–Crippen LogP) is 2.81. The zero-order chi connectivity index (χ0) is 13.5. The van der Waals surface area contributed by atoms with Gasteiger partial charge in [-0.2, -0.15) is 0 Å². The van der Waals surface area contributed by atoms with E-state index in [-0.39, 0.29) is 0 Å². The fraction of sp³-hybridized carbons (Fsp3) is 0.267. The van der Waals surface area contributed by atoms with Crippen LogP contribution in [0.1, 0.15) is 18.1 Å². The van der Waals surface area contributed by atoms with Crippen LogP contribution in [-0.2, 0) is 17.9 Å². The van der Waals surface area contributed by atoms with Gasteiger partial charge in [0.25, 0.3) is 0 Å². The average Bonchev–Trinajstić information content (AvgIpc) is 2.45. The maximum Gasteiger partial charge on any atom is 0.149 e. The van der Waals surface area contributed by atoms with Crippen molar-refractivity contribution in [3.8, 4) is 0 Å². The first-order valence-corrected chi connectivity index (χ1v) is 6.40. The lowest BCUT2D eigenvalue weighted by atomic mass is 10.1. The van der Waals surface area contributed by atoms with Crippen molar-refractivity contribution in [1.29, 1.82) is 0 Å². The van der Waals surface area contributed by atoms with Crippen molar-refractivity contribution >= 4 is 11.5 Å². The Balaban J connectivity index is 2.05. The highest BCUT2D eigenvalue weighted by Gasteiger charge is 2.03. The van der Waals surface area contributed by atoms with Gasteiger partial charge in [0.15, 0.2) is 0 Å². The van der Waals surface area contributed by atoms with Crippen LogP contribution in [0, 0.1) is 0 Å². The molecule has 0 radical (unpaired) electrons. The molecule has 0 amide bonds. The molecule has 0 spiro atoms. The van der Waals surface area contributed by atoms with Gasteiger partial charge in [-0.1, -0.05) is 24.3 Å². The molecule has 1 aromatic heterocycles. The smallest absolute Gasteiger partial charge is 0.149 e. The molecule has 100 valence electrons. The van der Waals surface area contributed by atoms with Crippen molar-refractivity contribution in [1.82, 2.24) is 4.98 Å². The normalized spacial score (nSPS) is 10.4. The van der Waals surface area contributed by atoms with E-state index in [0.717, 1.165) is 6.61 Å². The standard InChI is InChI=1S/C15H19N3O/c1-2-19-11-13-7-4-3-6-12(13)10-18-15-14(16)8-5-9-17-15/h3-9H,2,10-11,16H2,1H3,(H,17,18). The summed E-state index contributed by atoms with van der Waals surface area (Å²) in [5.74, 6) is 0.716. The minimum atomic E-state index is 0.631. The molecule has 1 heterocycles. The number of nitrogens with zero attached hydrogens (tertiary/aromatic N) is 1. The monoisotopic (exact) mass is 257 g/mol. The third-order valence-electron chi connectivity index (χ3n) is 2.87. The van der Waals surface area contributed by atoms with Crippen molar-refractivity contribution in [2.24, 2.45) is 0 Å². The van der Waals surface area contributed by atoms with Crippen molar-refractivity contribution in [2.75, 3.05) is 17.7 Å². The van der Waals surface area contributed by atoms with E-state index in [0.29, 0.717) is 24.7 Å². The van der Waals surface area contributed by atoms with Gasteiger partial charge in [0.2, 0.25) is 0 Å². The first-order valence-electron chi connectivity index (χ1n) is 6.40. The summed E-state index contributed by atoms with van der Waals surface area (Å²) in [6.45, 7) is 4.03.